The third kappa shape index (κ3) is 9.94. The zero-order valence-electron chi connectivity index (χ0n) is 31.6. The van der Waals surface area contributed by atoms with Crippen LogP contribution in [0.5, 0.6) is 34.5 Å². The van der Waals surface area contributed by atoms with Gasteiger partial charge in [0.15, 0.2) is 23.0 Å². The molecule has 0 aliphatic carbocycles. The van der Waals surface area contributed by atoms with Gasteiger partial charge in [0.1, 0.15) is 0 Å². The second-order valence-corrected chi connectivity index (χ2v) is 13.4. The molecule has 10 nitrogen and oxygen atoms in total. The summed E-state index contributed by atoms with van der Waals surface area (Å²) in [6.07, 6.45) is 7.84. The number of pyridine rings is 2. The van der Waals surface area contributed by atoms with Crippen LogP contribution in [0.3, 0.4) is 0 Å². The van der Waals surface area contributed by atoms with Crippen LogP contribution in [-0.2, 0) is 13.1 Å². The van der Waals surface area contributed by atoms with Crippen LogP contribution in [0, 0.1) is 6.92 Å². The maximum absolute atomic E-state index is 5.61. The van der Waals surface area contributed by atoms with Gasteiger partial charge in [0.2, 0.25) is 11.5 Å². The Morgan fingerprint density at radius 2 is 1.26 bits per heavy atom. The Morgan fingerprint density at radius 1 is 0.685 bits per heavy atom. The minimum Gasteiger partial charge on any atom is -0.493 e. The van der Waals surface area contributed by atoms with E-state index >= 15 is 0 Å². The van der Waals surface area contributed by atoms with Crippen molar-refractivity contribution in [3.63, 3.8) is 0 Å². The SMILES string of the molecule is COc1cc(-c2cncc(CN3CCC(N(Cc4ccnc(-c5cc(OC)c(OC)c(OC)c5)c4)c4cc(C)cs4)CC3)c2)cc(OC)c1OC.Cl.Cl.Cl. The van der Waals surface area contributed by atoms with Crippen LogP contribution in [0.25, 0.3) is 22.4 Å². The fraction of sp³-hybridized carbons (Fsp3) is 0.350. The van der Waals surface area contributed by atoms with Crippen molar-refractivity contribution in [2.24, 2.45) is 0 Å². The van der Waals surface area contributed by atoms with E-state index in [2.05, 4.69) is 51.4 Å². The number of ether oxygens (including phenoxy) is 6. The summed E-state index contributed by atoms with van der Waals surface area (Å²) in [5.74, 6) is 3.58. The highest BCUT2D eigenvalue weighted by Gasteiger charge is 2.27. The average Bonchev–Trinajstić information content (AvgIpc) is 3.61. The van der Waals surface area contributed by atoms with Crippen LogP contribution in [0.1, 0.15) is 29.5 Å². The van der Waals surface area contributed by atoms with E-state index in [0.29, 0.717) is 40.5 Å². The van der Waals surface area contributed by atoms with Crippen LogP contribution in [-0.4, -0.2) is 76.7 Å². The average molecular weight is 820 g/mol. The summed E-state index contributed by atoms with van der Waals surface area (Å²) in [6.45, 7) is 5.76. The number of hydrogen-bond acceptors (Lipinski definition) is 11. The molecule has 0 radical (unpaired) electrons. The van der Waals surface area contributed by atoms with E-state index in [0.717, 1.165) is 61.4 Å². The van der Waals surface area contributed by atoms with Crippen molar-refractivity contribution in [3.8, 4) is 56.9 Å². The van der Waals surface area contributed by atoms with E-state index in [1.807, 2.05) is 54.2 Å². The maximum Gasteiger partial charge on any atom is 0.203 e. The molecule has 1 fully saturated rings. The maximum atomic E-state index is 5.61. The van der Waals surface area contributed by atoms with Crippen LogP contribution in [0.2, 0.25) is 0 Å². The first kappa shape index (κ1) is 44.3. The van der Waals surface area contributed by atoms with Crippen molar-refractivity contribution < 1.29 is 28.4 Å². The predicted octanol–water partition coefficient (Wildman–Crippen LogP) is 9.17. The predicted molar refractivity (Wildman–Crippen MR) is 224 cm³/mol. The van der Waals surface area contributed by atoms with Gasteiger partial charge in [-0.05, 0) is 95.9 Å². The van der Waals surface area contributed by atoms with E-state index in [9.17, 15) is 0 Å². The lowest BCUT2D eigenvalue weighted by Crippen LogP contribution is -2.44. The molecule has 1 saturated heterocycles. The Kier molecular flexibility index (Phi) is 16.8. The molecule has 4 heterocycles. The Hall–Kier alpha value is -4.13. The number of methoxy groups -OCH3 is 6. The second kappa shape index (κ2) is 20.5. The second-order valence-electron chi connectivity index (χ2n) is 12.6. The van der Waals surface area contributed by atoms with Gasteiger partial charge in [0.25, 0.3) is 0 Å². The molecule has 6 rings (SSSR count). The molecule has 0 amide bonds. The highest BCUT2D eigenvalue weighted by atomic mass is 35.5. The zero-order chi connectivity index (χ0) is 35.9. The largest absolute Gasteiger partial charge is 0.493 e. The first-order valence-corrected chi connectivity index (χ1v) is 17.8. The summed E-state index contributed by atoms with van der Waals surface area (Å²) < 4.78 is 33.5. The van der Waals surface area contributed by atoms with E-state index in [1.54, 1.807) is 42.7 Å². The summed E-state index contributed by atoms with van der Waals surface area (Å²) in [6, 6.07) is 17.0. The molecule has 0 spiro atoms. The van der Waals surface area contributed by atoms with Crippen molar-refractivity contribution in [2.45, 2.75) is 38.9 Å². The van der Waals surface area contributed by atoms with Gasteiger partial charge in [-0.3, -0.25) is 14.9 Å². The number of aromatic nitrogens is 2. The number of nitrogens with zero attached hydrogens (tertiary/aromatic N) is 4. The van der Waals surface area contributed by atoms with Crippen molar-refractivity contribution in [1.82, 2.24) is 14.9 Å². The fourth-order valence-corrected chi connectivity index (χ4v) is 7.71. The van der Waals surface area contributed by atoms with Crippen LogP contribution in [0.15, 0.2) is 72.5 Å². The van der Waals surface area contributed by atoms with E-state index in [-0.39, 0.29) is 37.2 Å². The minimum atomic E-state index is 0. The molecule has 0 unspecified atom stereocenters. The molecule has 1 aliphatic rings. The third-order valence-corrected chi connectivity index (χ3v) is 10.4. The quantitative estimate of drug-likeness (QED) is 0.108. The summed E-state index contributed by atoms with van der Waals surface area (Å²) >= 11 is 1.81. The minimum absolute atomic E-state index is 0. The Labute approximate surface area is 341 Å². The lowest BCUT2D eigenvalue weighted by molar-refractivity contribution is 0.201. The Balaban J connectivity index is 0.00000261. The van der Waals surface area contributed by atoms with Gasteiger partial charge in [0, 0.05) is 61.9 Å². The first-order chi connectivity index (χ1) is 24.9. The van der Waals surface area contributed by atoms with Crippen molar-refractivity contribution in [3.05, 3.63) is 89.2 Å². The highest BCUT2D eigenvalue weighted by Crippen LogP contribution is 2.42. The standard InChI is InChI=1S/C40H46N4O6S.3ClH/c1-26-14-38(51-25-26)44(24-27-8-11-42-33(16-27)30-19-36(47-4)40(50-7)37(20-30)48-5)32-9-12-43(13-10-32)23-28-15-31(22-41-21-28)29-17-34(45-2)39(49-6)35(18-29)46-3;;;/h8,11,14-22,25,32H,9-10,12-13,23-24H2,1-7H3;3*1H. The van der Waals surface area contributed by atoms with Gasteiger partial charge in [-0.15, -0.1) is 48.6 Å². The van der Waals surface area contributed by atoms with Crippen molar-refractivity contribution in [2.75, 3.05) is 60.6 Å². The van der Waals surface area contributed by atoms with Crippen LogP contribution < -0.4 is 33.3 Å². The van der Waals surface area contributed by atoms with Gasteiger partial charge >= 0.3 is 0 Å². The number of thiophene rings is 1. The molecule has 2 aromatic carbocycles. The van der Waals surface area contributed by atoms with E-state index in [1.165, 1.54) is 21.7 Å². The molecular weight excluding hydrogens is 771 g/mol. The molecule has 54 heavy (non-hydrogen) atoms. The molecule has 292 valence electrons. The van der Waals surface area contributed by atoms with E-state index in [4.69, 9.17) is 33.4 Å². The molecule has 0 saturated carbocycles. The summed E-state index contributed by atoms with van der Waals surface area (Å²) in [5, 5.41) is 3.53. The first-order valence-electron chi connectivity index (χ1n) is 16.9. The van der Waals surface area contributed by atoms with Crippen LogP contribution >= 0.6 is 48.6 Å². The number of rotatable bonds is 14. The summed E-state index contributed by atoms with van der Waals surface area (Å²) in [7, 11) is 9.74. The summed E-state index contributed by atoms with van der Waals surface area (Å²) in [5.41, 5.74) is 7.37. The van der Waals surface area contributed by atoms with Crippen molar-refractivity contribution in [1.29, 1.82) is 0 Å². The highest BCUT2D eigenvalue weighted by molar-refractivity contribution is 7.14. The lowest BCUT2D eigenvalue weighted by Gasteiger charge is -2.39. The van der Waals surface area contributed by atoms with Crippen LogP contribution in [0.4, 0.5) is 5.00 Å². The Bertz CT molecular complexity index is 1910. The monoisotopic (exact) mass is 818 g/mol. The van der Waals surface area contributed by atoms with Gasteiger partial charge in [-0.2, -0.15) is 0 Å². The zero-order valence-corrected chi connectivity index (χ0v) is 34.9. The normalized spacial score (nSPS) is 12.7. The Morgan fingerprint density at radius 3 is 1.78 bits per heavy atom. The molecule has 14 heteroatoms. The number of likely N-dealkylation sites (tertiary alicyclic amines) is 1. The fourth-order valence-electron chi connectivity index (χ4n) is 6.74. The van der Waals surface area contributed by atoms with Gasteiger partial charge < -0.3 is 33.3 Å². The molecule has 0 N–H and O–H groups in total. The number of hydrogen-bond donors (Lipinski definition) is 0. The smallest absolute Gasteiger partial charge is 0.203 e. The molecule has 0 bridgehead atoms. The summed E-state index contributed by atoms with van der Waals surface area (Å²) in [4.78, 5) is 14.4. The van der Waals surface area contributed by atoms with Crippen molar-refractivity contribution >= 4 is 53.6 Å². The number of aryl methyl sites for hydroxylation is 1. The topological polar surface area (TPSA) is 87.6 Å². The van der Waals surface area contributed by atoms with E-state index < -0.39 is 0 Å². The molecule has 1 aliphatic heterocycles. The lowest BCUT2D eigenvalue weighted by atomic mass is 10.0. The van der Waals surface area contributed by atoms with Gasteiger partial charge in [-0.1, -0.05) is 0 Å². The number of benzene rings is 2. The number of halogens is 3. The molecule has 0 atom stereocenters. The third-order valence-electron chi connectivity index (χ3n) is 9.33. The van der Waals surface area contributed by atoms with Gasteiger partial charge in [-0.25, -0.2) is 0 Å². The van der Waals surface area contributed by atoms with Gasteiger partial charge in [0.05, 0.1) is 53.4 Å². The molecular formula is C40H49Cl3N4O6S. The number of piperidine rings is 1. The number of anilines is 1. The molecule has 3 aromatic heterocycles. The molecule has 5 aromatic rings.